The van der Waals surface area contributed by atoms with Gasteiger partial charge in [0.1, 0.15) is 23.1 Å². The van der Waals surface area contributed by atoms with Crippen LogP contribution in [0.3, 0.4) is 0 Å². The first-order valence-electron chi connectivity index (χ1n) is 11.4. The highest BCUT2D eigenvalue weighted by Crippen LogP contribution is 2.33. The van der Waals surface area contributed by atoms with Crippen LogP contribution in [0.25, 0.3) is 22.2 Å². The van der Waals surface area contributed by atoms with Gasteiger partial charge in [-0.2, -0.15) is 4.98 Å². The van der Waals surface area contributed by atoms with E-state index in [4.69, 9.17) is 9.47 Å². The summed E-state index contributed by atoms with van der Waals surface area (Å²) in [5.41, 5.74) is -0.316. The summed E-state index contributed by atoms with van der Waals surface area (Å²) < 4.78 is 83.1. The molecule has 3 aromatic heterocycles. The van der Waals surface area contributed by atoms with Gasteiger partial charge in [0, 0.05) is 40.5 Å². The maximum atomic E-state index is 15.5. The van der Waals surface area contributed by atoms with E-state index in [1.54, 1.807) is 18.2 Å². The molecule has 0 saturated carbocycles. The van der Waals surface area contributed by atoms with Gasteiger partial charge < -0.3 is 14.5 Å². The van der Waals surface area contributed by atoms with E-state index < -0.39 is 56.2 Å². The lowest BCUT2D eigenvalue weighted by Crippen LogP contribution is -2.13. The summed E-state index contributed by atoms with van der Waals surface area (Å²) in [6.07, 6.45) is 2.76. The zero-order valence-electron chi connectivity index (χ0n) is 20.7. The summed E-state index contributed by atoms with van der Waals surface area (Å²) in [6, 6.07) is 8.82. The van der Waals surface area contributed by atoms with Crippen molar-refractivity contribution in [3.63, 3.8) is 0 Å². The predicted molar refractivity (Wildman–Crippen MR) is 139 cm³/mol. The van der Waals surface area contributed by atoms with Crippen LogP contribution in [-0.4, -0.2) is 39.2 Å². The minimum atomic E-state index is -2.47. The van der Waals surface area contributed by atoms with E-state index in [9.17, 15) is 22.2 Å². The average Bonchev–Trinajstić information content (AvgIpc) is 3.38. The number of hydrogen-bond donors (Lipinski definition) is 2. The molecule has 40 heavy (non-hydrogen) atoms. The van der Waals surface area contributed by atoms with E-state index in [0.717, 1.165) is 24.3 Å². The summed E-state index contributed by atoms with van der Waals surface area (Å²) in [5.74, 6) is -4.92. The smallest absolute Gasteiger partial charge is 0.224 e. The SMILES string of the molecule is COc1ccc(-c2cnc3[nH]cc(C(=O)c4c(F)ccc(NS(=O)c5cc(F)ccc5F)c4F)c3c2)c(OC)n1. The molecule has 13 heteroatoms. The second-order valence-electron chi connectivity index (χ2n) is 8.29. The number of fused-ring (bicyclic) bond motifs is 1. The minimum absolute atomic E-state index is 0.1000. The van der Waals surface area contributed by atoms with E-state index >= 15 is 4.39 Å². The number of H-pyrrole nitrogens is 1. The topological polar surface area (TPSA) is 106 Å². The normalized spacial score (nSPS) is 11.8. The minimum Gasteiger partial charge on any atom is -0.481 e. The molecule has 2 N–H and O–H groups in total. The first-order valence-corrected chi connectivity index (χ1v) is 12.6. The number of anilines is 1. The number of aromatic amines is 1. The number of hydrogen-bond acceptors (Lipinski definition) is 6. The van der Waals surface area contributed by atoms with Crippen LogP contribution in [0.1, 0.15) is 15.9 Å². The lowest BCUT2D eigenvalue weighted by Gasteiger charge is -2.12. The van der Waals surface area contributed by atoms with Crippen molar-refractivity contribution in [1.82, 2.24) is 15.0 Å². The molecule has 5 rings (SSSR count). The van der Waals surface area contributed by atoms with Crippen molar-refractivity contribution in [3.05, 3.63) is 95.3 Å². The maximum absolute atomic E-state index is 15.5. The zero-order chi connectivity index (χ0) is 28.6. The molecule has 0 aliphatic rings. The Bertz CT molecular complexity index is 1810. The average molecular weight is 571 g/mol. The number of carbonyl (C=O) groups excluding carboxylic acids is 1. The molecular formula is C27H18F4N4O4S. The van der Waals surface area contributed by atoms with Crippen molar-refractivity contribution < 1.29 is 36.0 Å². The van der Waals surface area contributed by atoms with Gasteiger partial charge in [0.25, 0.3) is 0 Å². The number of aromatic nitrogens is 3. The Hall–Kier alpha value is -4.78. The van der Waals surface area contributed by atoms with E-state index in [1.165, 1.54) is 26.6 Å². The van der Waals surface area contributed by atoms with Gasteiger partial charge in [-0.1, -0.05) is 0 Å². The molecule has 0 radical (unpaired) electrons. The highest BCUT2D eigenvalue weighted by atomic mass is 32.2. The van der Waals surface area contributed by atoms with Crippen LogP contribution < -0.4 is 14.2 Å². The number of nitrogens with one attached hydrogen (secondary N) is 2. The van der Waals surface area contributed by atoms with E-state index in [2.05, 4.69) is 19.7 Å². The molecule has 204 valence electrons. The Morgan fingerprint density at radius 3 is 2.50 bits per heavy atom. The van der Waals surface area contributed by atoms with Gasteiger partial charge in [-0.15, -0.1) is 0 Å². The number of rotatable bonds is 8. The van der Waals surface area contributed by atoms with Crippen LogP contribution in [0.15, 0.2) is 65.8 Å². The lowest BCUT2D eigenvalue weighted by molar-refractivity contribution is 0.103. The van der Waals surface area contributed by atoms with Gasteiger partial charge in [0.15, 0.2) is 16.8 Å². The summed E-state index contributed by atoms with van der Waals surface area (Å²) in [7, 11) is 0.407. The molecule has 0 aliphatic heterocycles. The molecule has 0 bridgehead atoms. The summed E-state index contributed by atoms with van der Waals surface area (Å²) in [4.78, 5) is 24.2. The third-order valence-electron chi connectivity index (χ3n) is 5.94. The van der Waals surface area contributed by atoms with Gasteiger partial charge in [0.05, 0.1) is 30.4 Å². The van der Waals surface area contributed by atoms with Crippen molar-refractivity contribution >= 4 is 33.5 Å². The summed E-state index contributed by atoms with van der Waals surface area (Å²) in [5, 5.41) is 0.253. The van der Waals surface area contributed by atoms with Gasteiger partial charge in [0.2, 0.25) is 17.5 Å². The summed E-state index contributed by atoms with van der Waals surface area (Å²) >= 11 is 0. The molecular weight excluding hydrogens is 552 g/mol. The Balaban J connectivity index is 1.53. The second-order valence-corrected chi connectivity index (χ2v) is 9.47. The lowest BCUT2D eigenvalue weighted by atomic mass is 10.00. The molecule has 1 unspecified atom stereocenters. The number of methoxy groups -OCH3 is 2. The molecule has 0 spiro atoms. The number of benzene rings is 2. The highest BCUT2D eigenvalue weighted by Gasteiger charge is 2.26. The standard InChI is InChI=1S/C27H18F4N4O4S/c1-38-22-8-4-15(27(34-22)39-2)13-9-16-17(12-33-26(16)32-11-13)25(36)23-19(30)6-7-20(24(23)31)35-40(37)21-10-14(28)3-5-18(21)29/h3-12,35H,1-2H3,(H,32,33). The Morgan fingerprint density at radius 1 is 0.975 bits per heavy atom. The molecule has 0 fully saturated rings. The third kappa shape index (κ3) is 4.86. The molecule has 0 saturated heterocycles. The van der Waals surface area contributed by atoms with E-state index in [-0.39, 0.29) is 22.5 Å². The Morgan fingerprint density at radius 2 is 1.75 bits per heavy atom. The van der Waals surface area contributed by atoms with Crippen molar-refractivity contribution in [2.24, 2.45) is 0 Å². The Labute approximate surface area is 226 Å². The monoisotopic (exact) mass is 570 g/mol. The molecule has 8 nitrogen and oxygen atoms in total. The van der Waals surface area contributed by atoms with E-state index in [1.807, 2.05) is 0 Å². The zero-order valence-corrected chi connectivity index (χ0v) is 21.5. The van der Waals surface area contributed by atoms with Crippen LogP contribution in [0, 0.1) is 23.3 Å². The number of pyridine rings is 2. The number of halogens is 4. The fourth-order valence-electron chi connectivity index (χ4n) is 4.00. The molecule has 0 aliphatic carbocycles. The van der Waals surface area contributed by atoms with Crippen LogP contribution in [0.5, 0.6) is 11.8 Å². The molecule has 1 atom stereocenters. The molecule has 2 aromatic carbocycles. The van der Waals surface area contributed by atoms with Crippen LogP contribution in [0.4, 0.5) is 23.2 Å². The number of ketones is 1. The maximum Gasteiger partial charge on any atom is 0.224 e. The van der Waals surface area contributed by atoms with Gasteiger partial charge >= 0.3 is 0 Å². The van der Waals surface area contributed by atoms with Crippen LogP contribution in [0.2, 0.25) is 0 Å². The van der Waals surface area contributed by atoms with Gasteiger partial charge in [-0.05, 0) is 42.5 Å². The van der Waals surface area contributed by atoms with Crippen LogP contribution >= 0.6 is 0 Å². The van der Waals surface area contributed by atoms with Gasteiger partial charge in [-0.25, -0.2) is 26.8 Å². The number of carbonyl (C=O) groups is 1. The Kier molecular flexibility index (Phi) is 7.22. The fraction of sp³-hybridized carbons (Fsp3) is 0.0741. The van der Waals surface area contributed by atoms with Crippen molar-refractivity contribution in [2.75, 3.05) is 18.9 Å². The quantitative estimate of drug-likeness (QED) is 0.187. The fourth-order valence-corrected chi connectivity index (χ4v) is 4.93. The van der Waals surface area contributed by atoms with Gasteiger partial charge in [-0.3, -0.25) is 9.52 Å². The van der Waals surface area contributed by atoms with Crippen molar-refractivity contribution in [2.45, 2.75) is 4.90 Å². The highest BCUT2D eigenvalue weighted by molar-refractivity contribution is 7.86. The van der Waals surface area contributed by atoms with Crippen molar-refractivity contribution in [1.29, 1.82) is 0 Å². The second kappa shape index (κ2) is 10.8. The van der Waals surface area contributed by atoms with E-state index in [0.29, 0.717) is 23.1 Å². The van der Waals surface area contributed by atoms with Crippen molar-refractivity contribution in [3.8, 4) is 22.9 Å². The number of ether oxygens (including phenoxy) is 2. The molecule has 5 aromatic rings. The molecule has 0 amide bonds. The number of nitrogens with zero attached hydrogens (tertiary/aromatic N) is 2. The first-order chi connectivity index (χ1) is 19.2. The molecule has 3 heterocycles. The van der Waals surface area contributed by atoms with Crippen LogP contribution in [-0.2, 0) is 11.0 Å². The summed E-state index contributed by atoms with van der Waals surface area (Å²) in [6.45, 7) is 0. The third-order valence-corrected chi connectivity index (χ3v) is 7.06. The first kappa shape index (κ1) is 26.8. The largest absolute Gasteiger partial charge is 0.481 e. The predicted octanol–water partition coefficient (Wildman–Crippen LogP) is 5.56.